The largest absolute Gasteiger partial charge is 0.858 e. The number of benzene rings is 1. The molecule has 0 aliphatic heterocycles. The number of ether oxygens (including phenoxy) is 1. The molecule has 0 atom stereocenters. The zero-order chi connectivity index (χ0) is 16.7. The van der Waals surface area contributed by atoms with E-state index >= 15 is 0 Å². The summed E-state index contributed by atoms with van der Waals surface area (Å²) >= 11 is 0. The molecule has 0 aliphatic carbocycles. The minimum Gasteiger partial charge on any atom is -0.858 e. The zero-order valence-corrected chi connectivity index (χ0v) is 14.9. The van der Waals surface area contributed by atoms with Gasteiger partial charge in [-0.1, -0.05) is 30.3 Å². The van der Waals surface area contributed by atoms with Crippen LogP contribution in [0.25, 0.3) is 0 Å². The van der Waals surface area contributed by atoms with E-state index < -0.39 is 0 Å². The van der Waals surface area contributed by atoms with E-state index in [0.29, 0.717) is 25.3 Å². The van der Waals surface area contributed by atoms with E-state index in [2.05, 4.69) is 15.6 Å². The Labute approximate surface area is 147 Å². The first-order valence-corrected chi connectivity index (χ1v) is 7.54. The second-order valence-electron chi connectivity index (χ2n) is 5.32. The highest BCUT2D eigenvalue weighted by atomic mass is 35.5. The highest BCUT2D eigenvalue weighted by Crippen LogP contribution is 2.17. The average molecular weight is 355 g/mol. The van der Waals surface area contributed by atoms with Crippen molar-refractivity contribution in [3.63, 3.8) is 0 Å². The van der Waals surface area contributed by atoms with Gasteiger partial charge in [0.05, 0.1) is 13.2 Å². The number of aliphatic imine (C=N–C) groups is 1. The first-order valence-electron chi connectivity index (χ1n) is 7.54. The maximum atomic E-state index is 12.2. The van der Waals surface area contributed by atoms with Crippen molar-refractivity contribution in [3.8, 4) is 0 Å². The van der Waals surface area contributed by atoms with Crippen molar-refractivity contribution < 1.29 is 19.0 Å². The van der Waals surface area contributed by atoms with Crippen molar-refractivity contribution in [1.29, 1.82) is 0 Å². The monoisotopic (exact) mass is 354 g/mol. The molecular weight excluding hydrogens is 332 g/mol. The third kappa shape index (κ3) is 5.30. The van der Waals surface area contributed by atoms with E-state index in [0.717, 1.165) is 5.69 Å². The van der Waals surface area contributed by atoms with Crippen molar-refractivity contribution in [2.75, 3.05) is 20.3 Å². The second kappa shape index (κ2) is 10.0. The van der Waals surface area contributed by atoms with Crippen molar-refractivity contribution in [1.82, 2.24) is 10.6 Å². The number of aromatic nitrogens is 2. The zero-order valence-electron chi connectivity index (χ0n) is 14.1. The molecule has 8 heteroatoms. The van der Waals surface area contributed by atoms with Crippen LogP contribution in [0.15, 0.2) is 39.8 Å². The van der Waals surface area contributed by atoms with Crippen LogP contribution in [0.1, 0.15) is 31.1 Å². The van der Waals surface area contributed by atoms with Crippen LogP contribution < -0.4 is 15.1 Å². The molecule has 132 valence electrons. The van der Waals surface area contributed by atoms with E-state index in [1.54, 1.807) is 36.1 Å². The summed E-state index contributed by atoms with van der Waals surface area (Å²) in [6.45, 7) is 5.76. The van der Waals surface area contributed by atoms with Gasteiger partial charge in [-0.2, -0.15) is 0 Å². The van der Waals surface area contributed by atoms with Crippen molar-refractivity contribution >= 4 is 24.2 Å². The number of nitrogens with zero attached hydrogens (tertiary/aromatic N) is 3. The molecule has 1 heterocycles. The fraction of sp³-hybridized carbons (Fsp3) is 0.438. The normalized spacial score (nSPS) is 11.6. The van der Waals surface area contributed by atoms with Gasteiger partial charge in [0.1, 0.15) is 0 Å². The van der Waals surface area contributed by atoms with E-state index in [1.807, 2.05) is 19.9 Å². The summed E-state index contributed by atoms with van der Waals surface area (Å²) in [5, 5.41) is 19.4. The Balaban J connectivity index is 0.00000288. The van der Waals surface area contributed by atoms with Crippen molar-refractivity contribution in [2.45, 2.75) is 26.4 Å². The number of nitrogens with one attached hydrogen (secondary N) is 1. The van der Waals surface area contributed by atoms with Gasteiger partial charge in [0.2, 0.25) is 5.27 Å². The molecule has 0 fully saturated rings. The van der Waals surface area contributed by atoms with E-state index in [9.17, 15) is 5.11 Å². The van der Waals surface area contributed by atoms with Gasteiger partial charge in [-0.15, -0.1) is 12.4 Å². The van der Waals surface area contributed by atoms with Crippen LogP contribution in [0.2, 0.25) is 0 Å². The maximum Gasteiger partial charge on any atom is 0.325 e. The number of halogens is 1. The first kappa shape index (κ1) is 20.1. The fourth-order valence-electron chi connectivity index (χ4n) is 2.05. The highest BCUT2D eigenvalue weighted by molar-refractivity contribution is 5.91. The SMILES string of the molecule is COCCNCc1c(/N=C(/[O-])c2ccccc2)on[n+]1C(C)C.Cl. The lowest BCUT2D eigenvalue weighted by atomic mass is 10.2. The summed E-state index contributed by atoms with van der Waals surface area (Å²) in [4.78, 5) is 4.07. The Bertz CT molecular complexity index is 644. The maximum absolute atomic E-state index is 12.2. The van der Waals surface area contributed by atoms with Gasteiger partial charge in [0.15, 0.2) is 6.04 Å². The van der Waals surface area contributed by atoms with Gasteiger partial charge < -0.3 is 15.2 Å². The summed E-state index contributed by atoms with van der Waals surface area (Å²) in [6.07, 6.45) is 0. The molecule has 0 amide bonds. The summed E-state index contributed by atoms with van der Waals surface area (Å²) < 4.78 is 12.0. The molecule has 7 nitrogen and oxygen atoms in total. The fourth-order valence-corrected chi connectivity index (χ4v) is 2.05. The summed E-state index contributed by atoms with van der Waals surface area (Å²) in [5.41, 5.74) is 1.25. The molecule has 0 spiro atoms. The molecular formula is C16H23ClN4O3. The molecule has 2 aromatic rings. The summed E-state index contributed by atoms with van der Waals surface area (Å²) in [7, 11) is 1.65. The molecule has 0 saturated heterocycles. The molecule has 1 aromatic carbocycles. The third-order valence-corrected chi connectivity index (χ3v) is 3.23. The van der Waals surface area contributed by atoms with Gasteiger partial charge in [-0.25, -0.2) is 4.99 Å². The average Bonchev–Trinajstić information content (AvgIpc) is 2.95. The molecule has 0 saturated carbocycles. The minimum atomic E-state index is -0.351. The van der Waals surface area contributed by atoms with Crippen molar-refractivity contribution in [2.24, 2.45) is 4.99 Å². The van der Waals surface area contributed by atoms with Crippen LogP contribution >= 0.6 is 12.4 Å². The predicted molar refractivity (Wildman–Crippen MR) is 90.6 cm³/mol. The number of methoxy groups -OCH3 is 1. The van der Waals surface area contributed by atoms with E-state index in [4.69, 9.17) is 9.26 Å². The van der Waals surface area contributed by atoms with Gasteiger partial charge in [0, 0.05) is 27.5 Å². The van der Waals surface area contributed by atoms with Gasteiger partial charge >= 0.3 is 5.88 Å². The molecule has 24 heavy (non-hydrogen) atoms. The predicted octanol–water partition coefficient (Wildman–Crippen LogP) is 1.14. The van der Waals surface area contributed by atoms with Gasteiger partial charge in [-0.05, 0) is 16.1 Å². The molecule has 0 radical (unpaired) electrons. The molecule has 2 rings (SSSR count). The number of rotatable bonds is 8. The van der Waals surface area contributed by atoms with Crippen LogP contribution in [0, 0.1) is 0 Å². The van der Waals surface area contributed by atoms with Crippen LogP contribution in [0.3, 0.4) is 0 Å². The third-order valence-electron chi connectivity index (χ3n) is 3.23. The Hall–Kier alpha value is -1.96. The lowest BCUT2D eigenvalue weighted by molar-refractivity contribution is -0.785. The summed E-state index contributed by atoms with van der Waals surface area (Å²) in [6, 6.07) is 8.98. The topological polar surface area (TPSA) is 86.6 Å². The van der Waals surface area contributed by atoms with Crippen LogP contribution in [0.4, 0.5) is 5.88 Å². The van der Waals surface area contributed by atoms with E-state index in [-0.39, 0.29) is 30.2 Å². The molecule has 1 N–H and O–H groups in total. The standard InChI is InChI=1S/C16H22N4O3.ClH/c1-12(2)20-14(11-17-9-10-22-3)16(23-19-20)18-15(21)13-7-5-4-6-8-13;/h4-8,12,17H,9-11H2,1-3H3;1H. The number of hydrogen-bond donors (Lipinski definition) is 1. The van der Waals surface area contributed by atoms with Crippen LogP contribution in [0.5, 0.6) is 0 Å². The van der Waals surface area contributed by atoms with Crippen LogP contribution in [-0.4, -0.2) is 31.4 Å². The summed E-state index contributed by atoms with van der Waals surface area (Å²) in [5.74, 6) is -0.117. The molecule has 1 aromatic heterocycles. The Morgan fingerprint density at radius 1 is 1.38 bits per heavy atom. The molecule has 0 bridgehead atoms. The van der Waals surface area contributed by atoms with Gasteiger partial charge in [-0.3, -0.25) is 4.52 Å². The van der Waals surface area contributed by atoms with Gasteiger partial charge in [0.25, 0.3) is 5.69 Å². The Morgan fingerprint density at radius 2 is 2.08 bits per heavy atom. The Morgan fingerprint density at radius 3 is 2.71 bits per heavy atom. The number of hydrogen-bond acceptors (Lipinski definition) is 6. The second-order valence-corrected chi connectivity index (χ2v) is 5.32. The first-order chi connectivity index (χ1) is 11.1. The van der Waals surface area contributed by atoms with Crippen molar-refractivity contribution in [3.05, 3.63) is 41.6 Å². The molecule has 0 aliphatic rings. The van der Waals surface area contributed by atoms with Crippen LogP contribution in [-0.2, 0) is 11.3 Å². The highest BCUT2D eigenvalue weighted by Gasteiger charge is 2.26. The molecule has 0 unspecified atom stereocenters. The lowest BCUT2D eigenvalue weighted by Crippen LogP contribution is -2.43. The Kier molecular flexibility index (Phi) is 8.39. The smallest absolute Gasteiger partial charge is 0.325 e. The lowest BCUT2D eigenvalue weighted by Gasteiger charge is -2.08. The quantitative estimate of drug-likeness (QED) is 0.332. The van der Waals surface area contributed by atoms with E-state index in [1.165, 1.54) is 0 Å². The minimum absolute atomic E-state index is 0.